The van der Waals surface area contributed by atoms with Gasteiger partial charge in [0.1, 0.15) is 12.4 Å². The van der Waals surface area contributed by atoms with Crippen molar-refractivity contribution in [2.24, 2.45) is 0 Å². The van der Waals surface area contributed by atoms with Crippen molar-refractivity contribution in [2.45, 2.75) is 6.92 Å². The van der Waals surface area contributed by atoms with Crippen LogP contribution >= 0.6 is 0 Å². The Hall–Kier alpha value is -2.39. The van der Waals surface area contributed by atoms with Gasteiger partial charge in [-0.1, -0.05) is 35.9 Å². The number of methoxy groups -OCH3 is 1. The summed E-state index contributed by atoms with van der Waals surface area (Å²) in [4.78, 5) is 12.1. The van der Waals surface area contributed by atoms with Gasteiger partial charge in [-0.3, -0.25) is 4.79 Å². The third-order valence-electron chi connectivity index (χ3n) is 3.20. The molecule has 3 nitrogen and oxygen atoms in total. The second-order valence-corrected chi connectivity index (χ2v) is 4.97. The maximum Gasteiger partial charge on any atom is 0.185 e. The van der Waals surface area contributed by atoms with Gasteiger partial charge in [-0.15, -0.1) is 0 Å². The normalized spacial score (nSPS) is 10.8. The van der Waals surface area contributed by atoms with Crippen LogP contribution in [-0.2, 0) is 4.74 Å². The van der Waals surface area contributed by atoms with Gasteiger partial charge in [-0.05, 0) is 42.8 Å². The minimum absolute atomic E-state index is 0.0241. The summed E-state index contributed by atoms with van der Waals surface area (Å²) < 4.78 is 10.4. The fourth-order valence-corrected chi connectivity index (χ4v) is 1.90. The molecule has 22 heavy (non-hydrogen) atoms. The van der Waals surface area contributed by atoms with E-state index in [1.165, 1.54) is 5.56 Å². The van der Waals surface area contributed by atoms with Crippen LogP contribution in [0.3, 0.4) is 0 Å². The monoisotopic (exact) mass is 296 g/mol. The number of hydrogen-bond donors (Lipinski definition) is 0. The summed E-state index contributed by atoms with van der Waals surface area (Å²) in [7, 11) is 1.63. The van der Waals surface area contributed by atoms with E-state index >= 15 is 0 Å². The first-order chi connectivity index (χ1) is 10.7. The first-order valence-electron chi connectivity index (χ1n) is 7.20. The lowest BCUT2D eigenvalue weighted by Gasteiger charge is -2.05. The van der Waals surface area contributed by atoms with E-state index in [1.54, 1.807) is 37.5 Å². The van der Waals surface area contributed by atoms with Crippen LogP contribution in [0.15, 0.2) is 54.6 Å². The molecule has 0 saturated heterocycles. The average Bonchev–Trinajstić information content (AvgIpc) is 2.55. The molecule has 0 radical (unpaired) electrons. The number of aryl methyl sites for hydroxylation is 1. The second-order valence-electron chi connectivity index (χ2n) is 4.97. The molecule has 0 aliphatic carbocycles. The van der Waals surface area contributed by atoms with E-state index in [0.717, 1.165) is 11.3 Å². The number of carbonyl (C=O) groups excluding carboxylic acids is 1. The van der Waals surface area contributed by atoms with Crippen LogP contribution in [-0.4, -0.2) is 26.1 Å². The van der Waals surface area contributed by atoms with Crippen molar-refractivity contribution in [1.82, 2.24) is 0 Å². The Bertz CT molecular complexity index is 625. The molecule has 114 valence electrons. The van der Waals surface area contributed by atoms with Crippen LogP contribution in [0.1, 0.15) is 21.5 Å². The summed E-state index contributed by atoms with van der Waals surface area (Å²) in [5.41, 5.74) is 2.86. The van der Waals surface area contributed by atoms with Crippen LogP contribution < -0.4 is 4.74 Å². The van der Waals surface area contributed by atoms with Crippen molar-refractivity contribution in [3.63, 3.8) is 0 Å². The standard InChI is InChI=1S/C19H20O3/c1-15-3-5-16(6-4-15)7-12-19(20)17-8-10-18(11-9-17)22-14-13-21-2/h3-12H,13-14H2,1-2H3/b12-7+. The van der Waals surface area contributed by atoms with Crippen LogP contribution in [0.2, 0.25) is 0 Å². The van der Waals surface area contributed by atoms with Crippen LogP contribution in [0, 0.1) is 6.92 Å². The Morgan fingerprint density at radius 3 is 2.32 bits per heavy atom. The molecular weight excluding hydrogens is 276 g/mol. The first-order valence-corrected chi connectivity index (χ1v) is 7.20. The Balaban J connectivity index is 1.96. The van der Waals surface area contributed by atoms with Crippen molar-refractivity contribution in [1.29, 1.82) is 0 Å². The molecule has 0 N–H and O–H groups in total. The Kier molecular flexibility index (Phi) is 5.92. The summed E-state index contributed by atoms with van der Waals surface area (Å²) in [6, 6.07) is 15.2. The molecule has 0 aliphatic rings. The van der Waals surface area contributed by atoms with E-state index < -0.39 is 0 Å². The van der Waals surface area contributed by atoms with Crippen molar-refractivity contribution >= 4 is 11.9 Å². The highest BCUT2D eigenvalue weighted by Crippen LogP contribution is 2.13. The van der Waals surface area contributed by atoms with Gasteiger partial charge >= 0.3 is 0 Å². The number of hydrogen-bond acceptors (Lipinski definition) is 3. The van der Waals surface area contributed by atoms with Gasteiger partial charge in [0, 0.05) is 12.7 Å². The van der Waals surface area contributed by atoms with Crippen molar-refractivity contribution in [3.05, 3.63) is 71.3 Å². The summed E-state index contributed by atoms with van der Waals surface area (Å²) in [6.45, 7) is 3.08. The second kappa shape index (κ2) is 8.15. The molecular formula is C19H20O3. The van der Waals surface area contributed by atoms with Gasteiger partial charge in [-0.2, -0.15) is 0 Å². The van der Waals surface area contributed by atoms with E-state index in [0.29, 0.717) is 18.8 Å². The highest BCUT2D eigenvalue weighted by molar-refractivity contribution is 6.06. The number of allylic oxidation sites excluding steroid dienone is 1. The van der Waals surface area contributed by atoms with E-state index in [2.05, 4.69) is 0 Å². The zero-order chi connectivity index (χ0) is 15.8. The number of benzene rings is 2. The third kappa shape index (κ3) is 4.86. The van der Waals surface area contributed by atoms with Gasteiger partial charge < -0.3 is 9.47 Å². The highest BCUT2D eigenvalue weighted by atomic mass is 16.5. The average molecular weight is 296 g/mol. The van der Waals surface area contributed by atoms with Gasteiger partial charge in [-0.25, -0.2) is 0 Å². The van der Waals surface area contributed by atoms with E-state index in [1.807, 2.05) is 37.3 Å². The number of ketones is 1. The summed E-state index contributed by atoms with van der Waals surface area (Å²) in [6.07, 6.45) is 3.41. The van der Waals surface area contributed by atoms with Gasteiger partial charge in [0.25, 0.3) is 0 Å². The number of ether oxygens (including phenoxy) is 2. The lowest BCUT2D eigenvalue weighted by molar-refractivity contribution is 0.104. The maximum atomic E-state index is 12.1. The zero-order valence-electron chi connectivity index (χ0n) is 12.9. The molecule has 2 aromatic carbocycles. The van der Waals surface area contributed by atoms with Crippen molar-refractivity contribution in [2.75, 3.05) is 20.3 Å². The van der Waals surface area contributed by atoms with Crippen molar-refractivity contribution in [3.8, 4) is 5.75 Å². The summed E-state index contributed by atoms with van der Waals surface area (Å²) in [5.74, 6) is 0.708. The lowest BCUT2D eigenvalue weighted by atomic mass is 10.1. The minimum Gasteiger partial charge on any atom is -0.491 e. The molecule has 0 aliphatic heterocycles. The number of carbonyl (C=O) groups is 1. The highest BCUT2D eigenvalue weighted by Gasteiger charge is 2.02. The first kappa shape index (κ1) is 16.0. The fraction of sp³-hybridized carbons (Fsp3) is 0.211. The molecule has 0 fully saturated rings. The largest absolute Gasteiger partial charge is 0.491 e. The molecule has 0 spiro atoms. The zero-order valence-corrected chi connectivity index (χ0v) is 12.9. The molecule has 0 unspecified atom stereocenters. The Labute approximate surface area is 131 Å². The predicted octanol–water partition coefficient (Wildman–Crippen LogP) is 3.92. The summed E-state index contributed by atoms with van der Waals surface area (Å²) >= 11 is 0. The molecule has 0 aromatic heterocycles. The van der Waals surface area contributed by atoms with Crippen LogP contribution in [0.4, 0.5) is 0 Å². The quantitative estimate of drug-likeness (QED) is 0.441. The Morgan fingerprint density at radius 1 is 1.00 bits per heavy atom. The lowest BCUT2D eigenvalue weighted by Crippen LogP contribution is -2.04. The third-order valence-corrected chi connectivity index (χ3v) is 3.20. The van der Waals surface area contributed by atoms with E-state index in [-0.39, 0.29) is 5.78 Å². The molecule has 0 amide bonds. The SMILES string of the molecule is COCCOc1ccc(C(=O)/C=C/c2ccc(C)cc2)cc1. The predicted molar refractivity (Wildman–Crippen MR) is 88.4 cm³/mol. The molecule has 0 heterocycles. The molecule has 2 rings (SSSR count). The van der Waals surface area contributed by atoms with E-state index in [4.69, 9.17) is 9.47 Å². The van der Waals surface area contributed by atoms with E-state index in [9.17, 15) is 4.79 Å². The molecule has 0 atom stereocenters. The summed E-state index contributed by atoms with van der Waals surface area (Å²) in [5, 5.41) is 0. The van der Waals surface area contributed by atoms with Crippen LogP contribution in [0.25, 0.3) is 6.08 Å². The topological polar surface area (TPSA) is 35.5 Å². The molecule has 0 saturated carbocycles. The minimum atomic E-state index is -0.0241. The smallest absolute Gasteiger partial charge is 0.185 e. The maximum absolute atomic E-state index is 12.1. The molecule has 0 bridgehead atoms. The van der Waals surface area contributed by atoms with Gasteiger partial charge in [0.15, 0.2) is 5.78 Å². The number of rotatable bonds is 7. The molecule has 3 heteroatoms. The van der Waals surface area contributed by atoms with Gasteiger partial charge in [0.05, 0.1) is 6.61 Å². The Morgan fingerprint density at radius 2 is 1.68 bits per heavy atom. The fourth-order valence-electron chi connectivity index (χ4n) is 1.90. The van der Waals surface area contributed by atoms with Crippen molar-refractivity contribution < 1.29 is 14.3 Å². The van der Waals surface area contributed by atoms with Gasteiger partial charge in [0.2, 0.25) is 0 Å². The molecule has 2 aromatic rings. The van der Waals surface area contributed by atoms with Crippen LogP contribution in [0.5, 0.6) is 5.75 Å².